The fourth-order valence-corrected chi connectivity index (χ4v) is 8.46. The van der Waals surface area contributed by atoms with Gasteiger partial charge in [-0.2, -0.15) is 0 Å². The second-order valence-electron chi connectivity index (χ2n) is 13.0. The molecule has 0 saturated carbocycles. The number of aromatic nitrogens is 2. The van der Waals surface area contributed by atoms with Crippen molar-refractivity contribution in [1.82, 2.24) is 19.4 Å². The van der Waals surface area contributed by atoms with Crippen molar-refractivity contribution >= 4 is 22.9 Å². The largest absolute Gasteiger partial charge is 0.426 e. The van der Waals surface area contributed by atoms with Crippen LogP contribution >= 0.6 is 0 Å². The van der Waals surface area contributed by atoms with Crippen molar-refractivity contribution in [1.29, 1.82) is 0 Å². The lowest BCUT2D eigenvalue weighted by Crippen LogP contribution is -2.49. The summed E-state index contributed by atoms with van der Waals surface area (Å²) < 4.78 is 7.87. The molecule has 2 bridgehead atoms. The number of aryl methyl sites for hydroxylation is 1. The van der Waals surface area contributed by atoms with E-state index in [0.29, 0.717) is 42.5 Å². The molecule has 3 saturated heterocycles. The second kappa shape index (κ2) is 11.8. The van der Waals surface area contributed by atoms with Crippen LogP contribution in [-0.2, 0) is 10.2 Å². The quantitative estimate of drug-likeness (QED) is 0.177. The molecule has 7 nitrogen and oxygen atoms in total. The molecule has 3 aliphatic heterocycles. The molecule has 44 heavy (non-hydrogen) atoms. The number of piperidine rings is 2. The maximum Gasteiger partial charge on any atom is 0.308 e. The van der Waals surface area contributed by atoms with E-state index in [1.807, 2.05) is 11.0 Å². The zero-order valence-corrected chi connectivity index (χ0v) is 25.8. The Balaban J connectivity index is 1.06. The molecule has 0 radical (unpaired) electrons. The predicted molar refractivity (Wildman–Crippen MR) is 172 cm³/mol. The maximum atomic E-state index is 13.6. The highest BCUT2D eigenvalue weighted by atomic mass is 16.5. The van der Waals surface area contributed by atoms with Crippen LogP contribution in [-0.4, -0.2) is 62.9 Å². The number of ether oxygens (including phenoxy) is 1. The second-order valence-corrected chi connectivity index (χ2v) is 13.0. The summed E-state index contributed by atoms with van der Waals surface area (Å²) in [6.45, 7) is 5.98. The number of hydrogen-bond donors (Lipinski definition) is 0. The van der Waals surface area contributed by atoms with Gasteiger partial charge < -0.3 is 14.2 Å². The Kier molecular flexibility index (Phi) is 7.75. The molecule has 3 aliphatic rings. The van der Waals surface area contributed by atoms with Crippen molar-refractivity contribution in [3.63, 3.8) is 0 Å². The standard InChI is InChI=1S/C37H42N4O3/c1-26-38-33-13-7-8-14-34(33)41(26)31-24-29-16-17-30(25-31)40(29)23-20-37(28-10-4-3-5-11-28)18-21-39(22-19-37)36(43)32-12-6-9-15-35(32)44-27(2)42/h3-15,29-31H,16-25H2,1-2H3/t29-,30+,31+. The highest BCUT2D eigenvalue weighted by molar-refractivity contribution is 5.97. The molecule has 1 aromatic heterocycles. The lowest BCUT2D eigenvalue weighted by atomic mass is 9.70. The summed E-state index contributed by atoms with van der Waals surface area (Å²) in [5.41, 5.74) is 4.23. The van der Waals surface area contributed by atoms with Gasteiger partial charge in [-0.1, -0.05) is 54.6 Å². The van der Waals surface area contributed by atoms with Crippen molar-refractivity contribution in [2.24, 2.45) is 0 Å². The molecule has 1 amide bonds. The van der Waals surface area contributed by atoms with Gasteiger partial charge in [-0.3, -0.25) is 14.5 Å². The van der Waals surface area contributed by atoms with Crippen LogP contribution in [0.2, 0.25) is 0 Å². The Morgan fingerprint density at radius 2 is 1.52 bits per heavy atom. The molecular formula is C37H42N4O3. The summed E-state index contributed by atoms with van der Waals surface area (Å²) >= 11 is 0. The number of para-hydroxylation sites is 3. The van der Waals surface area contributed by atoms with E-state index in [9.17, 15) is 9.59 Å². The van der Waals surface area contributed by atoms with Crippen LogP contribution in [0.3, 0.4) is 0 Å². The van der Waals surface area contributed by atoms with Crippen LogP contribution < -0.4 is 4.74 Å². The first kappa shape index (κ1) is 28.8. The maximum absolute atomic E-state index is 13.6. The number of amides is 1. The van der Waals surface area contributed by atoms with Gasteiger partial charge in [0.2, 0.25) is 0 Å². The zero-order chi connectivity index (χ0) is 30.3. The van der Waals surface area contributed by atoms with E-state index in [2.05, 4.69) is 71.0 Å². The lowest BCUT2D eigenvalue weighted by molar-refractivity contribution is -0.131. The molecule has 7 rings (SSSR count). The van der Waals surface area contributed by atoms with E-state index in [0.717, 1.165) is 37.1 Å². The highest BCUT2D eigenvalue weighted by Crippen LogP contribution is 2.45. The van der Waals surface area contributed by atoms with Crippen molar-refractivity contribution in [2.45, 2.75) is 82.3 Å². The van der Waals surface area contributed by atoms with Crippen molar-refractivity contribution < 1.29 is 14.3 Å². The third kappa shape index (κ3) is 5.32. The monoisotopic (exact) mass is 590 g/mol. The van der Waals surface area contributed by atoms with Gasteiger partial charge in [0.05, 0.1) is 16.6 Å². The van der Waals surface area contributed by atoms with Crippen LogP contribution in [0.4, 0.5) is 0 Å². The Hall–Kier alpha value is -3.97. The number of rotatable bonds is 7. The molecule has 3 fully saturated rings. The minimum atomic E-state index is -0.418. The van der Waals surface area contributed by atoms with Crippen LogP contribution in [0, 0.1) is 6.92 Å². The van der Waals surface area contributed by atoms with Crippen LogP contribution in [0.5, 0.6) is 5.75 Å². The molecule has 0 N–H and O–H groups in total. The summed E-state index contributed by atoms with van der Waals surface area (Å²) in [5, 5.41) is 0. The Labute approximate surface area is 259 Å². The fourth-order valence-electron chi connectivity index (χ4n) is 8.46. The van der Waals surface area contributed by atoms with Gasteiger partial charge in [-0.25, -0.2) is 4.98 Å². The molecule has 0 spiro atoms. The number of benzene rings is 3. The van der Waals surface area contributed by atoms with Gasteiger partial charge in [0.25, 0.3) is 5.91 Å². The van der Waals surface area contributed by atoms with E-state index in [1.54, 1.807) is 18.2 Å². The summed E-state index contributed by atoms with van der Waals surface area (Å²) in [6.07, 6.45) is 7.84. The molecule has 4 heterocycles. The molecule has 228 valence electrons. The predicted octanol–water partition coefficient (Wildman–Crippen LogP) is 6.70. The lowest BCUT2D eigenvalue weighted by Gasteiger charge is -2.45. The van der Waals surface area contributed by atoms with E-state index in [-0.39, 0.29) is 11.3 Å². The summed E-state index contributed by atoms with van der Waals surface area (Å²) in [5.74, 6) is 0.982. The van der Waals surface area contributed by atoms with Gasteiger partial charge in [0, 0.05) is 38.1 Å². The smallest absolute Gasteiger partial charge is 0.308 e. The Bertz CT molecular complexity index is 1640. The Morgan fingerprint density at radius 1 is 0.864 bits per heavy atom. The number of likely N-dealkylation sites (tertiary alicyclic amines) is 1. The van der Waals surface area contributed by atoms with E-state index in [4.69, 9.17) is 9.72 Å². The van der Waals surface area contributed by atoms with Crippen LogP contribution in [0.15, 0.2) is 78.9 Å². The van der Waals surface area contributed by atoms with Crippen LogP contribution in [0.1, 0.15) is 79.7 Å². The van der Waals surface area contributed by atoms with Gasteiger partial charge in [-0.05, 0) is 93.7 Å². The first-order valence-electron chi connectivity index (χ1n) is 16.2. The number of esters is 1. The molecule has 3 aromatic carbocycles. The number of hydrogen-bond acceptors (Lipinski definition) is 5. The summed E-state index contributed by atoms with van der Waals surface area (Å²) in [7, 11) is 0. The third-order valence-corrected chi connectivity index (χ3v) is 10.6. The molecule has 7 heteroatoms. The van der Waals surface area contributed by atoms with Gasteiger partial charge in [0.15, 0.2) is 0 Å². The number of carbonyl (C=O) groups is 2. The first-order valence-corrected chi connectivity index (χ1v) is 16.2. The molecular weight excluding hydrogens is 548 g/mol. The van der Waals surface area contributed by atoms with Crippen molar-refractivity contribution in [3.8, 4) is 5.75 Å². The highest BCUT2D eigenvalue weighted by Gasteiger charge is 2.44. The zero-order valence-electron chi connectivity index (χ0n) is 25.8. The summed E-state index contributed by atoms with van der Waals surface area (Å²) in [4.78, 5) is 34.9. The van der Waals surface area contributed by atoms with E-state index >= 15 is 0 Å². The number of nitrogens with zero attached hydrogens (tertiary/aromatic N) is 4. The van der Waals surface area contributed by atoms with Gasteiger partial charge in [-0.15, -0.1) is 0 Å². The molecule has 4 aromatic rings. The van der Waals surface area contributed by atoms with Crippen molar-refractivity contribution in [2.75, 3.05) is 19.6 Å². The first-order chi connectivity index (χ1) is 21.4. The minimum Gasteiger partial charge on any atom is -0.426 e. The topological polar surface area (TPSA) is 67.7 Å². The fraction of sp³-hybridized carbons (Fsp3) is 0.432. The molecule has 0 unspecified atom stereocenters. The van der Waals surface area contributed by atoms with Gasteiger partial charge in [0.1, 0.15) is 11.6 Å². The van der Waals surface area contributed by atoms with Gasteiger partial charge >= 0.3 is 5.97 Å². The average Bonchev–Trinajstić information content (AvgIpc) is 3.50. The number of imidazole rings is 1. The summed E-state index contributed by atoms with van der Waals surface area (Å²) in [6, 6.07) is 28.3. The molecule has 0 aliphatic carbocycles. The van der Waals surface area contributed by atoms with E-state index < -0.39 is 5.97 Å². The number of fused-ring (bicyclic) bond motifs is 3. The number of carbonyl (C=O) groups excluding carboxylic acids is 2. The Morgan fingerprint density at radius 3 is 2.25 bits per heavy atom. The average molecular weight is 591 g/mol. The normalized spacial score (nSPS) is 23.1. The molecule has 3 atom stereocenters. The van der Waals surface area contributed by atoms with Crippen LogP contribution in [0.25, 0.3) is 11.0 Å². The SMILES string of the molecule is CC(=O)Oc1ccccc1C(=O)N1CCC(CCN2[C@@H]3CC[C@H]2C[C@@H](n2c(C)nc4ccccc42)C3)(c2ccccc2)CC1. The minimum absolute atomic E-state index is 0.0286. The third-order valence-electron chi connectivity index (χ3n) is 10.6. The van der Waals surface area contributed by atoms with E-state index in [1.165, 1.54) is 43.7 Å². The van der Waals surface area contributed by atoms with Crippen molar-refractivity contribution in [3.05, 3.63) is 95.8 Å².